The molecule has 1 aromatic rings. The van der Waals surface area contributed by atoms with Gasteiger partial charge in [0.25, 0.3) is 5.91 Å². The molecule has 0 aliphatic carbocycles. The van der Waals surface area contributed by atoms with Crippen molar-refractivity contribution in [2.45, 2.75) is 20.3 Å². The average Bonchev–Trinajstić information content (AvgIpc) is 2.64. The van der Waals surface area contributed by atoms with Crippen LogP contribution in [0.3, 0.4) is 0 Å². The van der Waals surface area contributed by atoms with Crippen molar-refractivity contribution < 1.29 is 19.1 Å². The van der Waals surface area contributed by atoms with Crippen LogP contribution >= 0.6 is 0 Å². The van der Waals surface area contributed by atoms with Crippen molar-refractivity contribution in [1.29, 1.82) is 0 Å². The van der Waals surface area contributed by atoms with E-state index in [4.69, 9.17) is 9.47 Å². The van der Waals surface area contributed by atoms with Gasteiger partial charge in [-0.15, -0.1) is 0 Å². The van der Waals surface area contributed by atoms with Gasteiger partial charge >= 0.3 is 6.09 Å². The number of anilines is 1. The molecule has 0 saturated carbocycles. The summed E-state index contributed by atoms with van der Waals surface area (Å²) in [6, 6.07) is 1.67. The molecule has 1 aliphatic heterocycles. The molecule has 1 fully saturated rings. The molecule has 2 rings (SSSR count). The number of hydrogen-bond acceptors (Lipinski definition) is 7. The maximum absolute atomic E-state index is 12.7. The maximum atomic E-state index is 12.7. The van der Waals surface area contributed by atoms with E-state index >= 15 is 0 Å². The summed E-state index contributed by atoms with van der Waals surface area (Å²) in [7, 11) is 1.66. The first-order valence-corrected chi connectivity index (χ1v) is 8.84. The minimum Gasteiger partial charge on any atom is -0.450 e. The highest BCUT2D eigenvalue weighted by Crippen LogP contribution is 2.12. The van der Waals surface area contributed by atoms with E-state index in [2.05, 4.69) is 15.3 Å². The summed E-state index contributed by atoms with van der Waals surface area (Å²) in [6.45, 7) is 7.07. The highest BCUT2D eigenvalue weighted by Gasteiger charge is 2.26. The van der Waals surface area contributed by atoms with Crippen molar-refractivity contribution in [2.24, 2.45) is 0 Å². The normalized spacial score (nSPS) is 14.3. The molecule has 9 nitrogen and oxygen atoms in total. The smallest absolute Gasteiger partial charge is 0.409 e. The Kier molecular flexibility index (Phi) is 7.58. The first-order chi connectivity index (χ1) is 12.5. The zero-order valence-corrected chi connectivity index (χ0v) is 15.7. The van der Waals surface area contributed by atoms with Gasteiger partial charge in [-0.2, -0.15) is 0 Å². The van der Waals surface area contributed by atoms with Gasteiger partial charge in [0.2, 0.25) is 0 Å². The monoisotopic (exact) mass is 365 g/mol. The lowest BCUT2D eigenvalue weighted by atomic mass is 10.2. The standard InChI is InChI=1S/C17H27N5O4/c1-4-26-17(24)22-9-7-21(8-10-22)16(23)14-12-15(20-13(2)19-14)18-6-5-11-25-3/h12H,4-11H2,1-3H3,(H,18,19,20). The molecule has 1 aromatic heterocycles. The van der Waals surface area contributed by atoms with Crippen molar-refractivity contribution in [3.8, 4) is 0 Å². The van der Waals surface area contributed by atoms with Crippen LogP contribution in [0.5, 0.6) is 0 Å². The summed E-state index contributed by atoms with van der Waals surface area (Å²) in [5, 5.41) is 3.18. The summed E-state index contributed by atoms with van der Waals surface area (Å²) in [6.07, 6.45) is 0.513. The molecule has 0 bridgehead atoms. The second-order valence-electron chi connectivity index (χ2n) is 5.94. The number of rotatable bonds is 7. The lowest BCUT2D eigenvalue weighted by Crippen LogP contribution is -2.50. The van der Waals surface area contributed by atoms with Gasteiger partial charge in [0.1, 0.15) is 17.3 Å². The van der Waals surface area contributed by atoms with Crippen LogP contribution in [0.4, 0.5) is 10.6 Å². The Morgan fingerprint density at radius 3 is 2.54 bits per heavy atom. The molecule has 26 heavy (non-hydrogen) atoms. The van der Waals surface area contributed by atoms with Gasteiger partial charge in [-0.3, -0.25) is 4.79 Å². The van der Waals surface area contributed by atoms with Crippen LogP contribution in [-0.2, 0) is 9.47 Å². The topological polar surface area (TPSA) is 96.9 Å². The summed E-state index contributed by atoms with van der Waals surface area (Å²) in [5.74, 6) is 1.01. The number of amides is 2. The minimum atomic E-state index is -0.333. The largest absolute Gasteiger partial charge is 0.450 e. The lowest BCUT2D eigenvalue weighted by Gasteiger charge is -2.33. The second-order valence-corrected chi connectivity index (χ2v) is 5.94. The van der Waals surface area contributed by atoms with Crippen LogP contribution in [-0.4, -0.2) is 84.8 Å². The first-order valence-electron chi connectivity index (χ1n) is 8.84. The first kappa shape index (κ1) is 19.9. The van der Waals surface area contributed by atoms with E-state index < -0.39 is 0 Å². The van der Waals surface area contributed by atoms with Crippen molar-refractivity contribution in [3.63, 3.8) is 0 Å². The van der Waals surface area contributed by atoms with E-state index in [0.717, 1.165) is 6.42 Å². The Morgan fingerprint density at radius 1 is 1.19 bits per heavy atom. The number of ether oxygens (including phenoxy) is 2. The third-order valence-corrected chi connectivity index (χ3v) is 3.98. The Labute approximate surface area is 153 Å². The number of carbonyl (C=O) groups is 2. The minimum absolute atomic E-state index is 0.154. The van der Waals surface area contributed by atoms with Crippen LogP contribution in [0.2, 0.25) is 0 Å². The molecule has 9 heteroatoms. The van der Waals surface area contributed by atoms with Gasteiger partial charge in [0, 0.05) is 52.5 Å². The predicted octanol–water partition coefficient (Wildman–Crippen LogP) is 1.15. The molecule has 0 spiro atoms. The van der Waals surface area contributed by atoms with Crippen LogP contribution in [0.25, 0.3) is 0 Å². The van der Waals surface area contributed by atoms with Crippen molar-refractivity contribution >= 4 is 17.8 Å². The molecule has 0 unspecified atom stereocenters. The molecular weight excluding hydrogens is 338 g/mol. The van der Waals surface area contributed by atoms with Crippen LogP contribution in [0.15, 0.2) is 6.07 Å². The van der Waals surface area contributed by atoms with E-state index in [-0.39, 0.29) is 12.0 Å². The molecule has 1 saturated heterocycles. The van der Waals surface area contributed by atoms with Crippen LogP contribution < -0.4 is 5.32 Å². The molecule has 0 radical (unpaired) electrons. The fourth-order valence-electron chi connectivity index (χ4n) is 2.67. The number of aryl methyl sites for hydroxylation is 1. The Morgan fingerprint density at radius 2 is 1.88 bits per heavy atom. The zero-order chi connectivity index (χ0) is 18.9. The molecular formula is C17H27N5O4. The predicted molar refractivity (Wildman–Crippen MR) is 96.3 cm³/mol. The van der Waals surface area contributed by atoms with E-state index in [1.807, 2.05) is 0 Å². The van der Waals surface area contributed by atoms with Gasteiger partial charge in [-0.05, 0) is 20.3 Å². The van der Waals surface area contributed by atoms with Crippen LogP contribution in [0.1, 0.15) is 29.7 Å². The second kappa shape index (κ2) is 9.91. The molecule has 0 aromatic carbocycles. The highest BCUT2D eigenvalue weighted by molar-refractivity contribution is 5.93. The molecule has 1 aliphatic rings. The number of carbonyl (C=O) groups excluding carboxylic acids is 2. The average molecular weight is 365 g/mol. The van der Waals surface area contributed by atoms with Gasteiger partial charge < -0.3 is 24.6 Å². The van der Waals surface area contributed by atoms with E-state index in [0.29, 0.717) is 63.3 Å². The van der Waals surface area contributed by atoms with E-state index in [9.17, 15) is 9.59 Å². The van der Waals surface area contributed by atoms with Gasteiger partial charge in [-0.25, -0.2) is 14.8 Å². The third-order valence-electron chi connectivity index (χ3n) is 3.98. The van der Waals surface area contributed by atoms with Crippen molar-refractivity contribution in [1.82, 2.24) is 19.8 Å². The molecule has 1 N–H and O–H groups in total. The SMILES string of the molecule is CCOC(=O)N1CCN(C(=O)c2cc(NCCCOC)nc(C)n2)CC1. The van der Waals surface area contributed by atoms with E-state index in [1.54, 1.807) is 36.8 Å². The fourth-order valence-corrected chi connectivity index (χ4v) is 2.67. The number of methoxy groups -OCH3 is 1. The quantitative estimate of drug-likeness (QED) is 0.724. The lowest BCUT2D eigenvalue weighted by molar-refractivity contribution is 0.0565. The summed E-state index contributed by atoms with van der Waals surface area (Å²) >= 11 is 0. The molecule has 2 heterocycles. The maximum Gasteiger partial charge on any atom is 0.409 e. The van der Waals surface area contributed by atoms with Crippen molar-refractivity contribution in [2.75, 3.05) is 58.4 Å². The highest BCUT2D eigenvalue weighted by atomic mass is 16.6. The van der Waals surface area contributed by atoms with Gasteiger partial charge in [0.05, 0.1) is 6.61 Å². The number of aromatic nitrogens is 2. The van der Waals surface area contributed by atoms with Gasteiger partial charge in [0.15, 0.2) is 0 Å². The van der Waals surface area contributed by atoms with Crippen molar-refractivity contribution in [3.05, 3.63) is 17.6 Å². The summed E-state index contributed by atoms with van der Waals surface area (Å²) in [5.41, 5.74) is 0.358. The molecule has 2 amide bonds. The number of piperazine rings is 1. The summed E-state index contributed by atoms with van der Waals surface area (Å²) < 4.78 is 10.0. The Balaban J connectivity index is 1.95. The molecule has 144 valence electrons. The van der Waals surface area contributed by atoms with E-state index in [1.165, 1.54) is 0 Å². The van der Waals surface area contributed by atoms with Gasteiger partial charge in [-0.1, -0.05) is 0 Å². The third kappa shape index (κ3) is 5.55. The number of nitrogens with zero attached hydrogens (tertiary/aromatic N) is 4. The van der Waals surface area contributed by atoms with Crippen LogP contribution in [0, 0.1) is 6.92 Å². The number of hydrogen-bond donors (Lipinski definition) is 1. The number of nitrogens with one attached hydrogen (secondary N) is 1. The molecule has 0 atom stereocenters. The summed E-state index contributed by atoms with van der Waals surface area (Å²) in [4.78, 5) is 36.4. The fraction of sp³-hybridized carbons (Fsp3) is 0.647. The Bertz CT molecular complexity index is 617. The zero-order valence-electron chi connectivity index (χ0n) is 15.7. The Hall–Kier alpha value is -2.42.